The molecule has 90 valence electrons. The molecule has 2 saturated heterocycles. The highest BCUT2D eigenvalue weighted by molar-refractivity contribution is 5.78. The fourth-order valence-corrected chi connectivity index (χ4v) is 2.08. The molecule has 0 bridgehead atoms. The summed E-state index contributed by atoms with van der Waals surface area (Å²) >= 11 is 0. The Morgan fingerprint density at radius 2 is 2.12 bits per heavy atom. The molecular formula is C11H17NO4. The van der Waals surface area contributed by atoms with Crippen molar-refractivity contribution in [2.45, 2.75) is 26.4 Å². The Morgan fingerprint density at radius 3 is 2.69 bits per heavy atom. The van der Waals surface area contributed by atoms with Crippen molar-refractivity contribution in [2.24, 2.45) is 11.8 Å². The van der Waals surface area contributed by atoms with Crippen molar-refractivity contribution in [1.29, 1.82) is 0 Å². The second-order valence-electron chi connectivity index (χ2n) is 5.38. The van der Waals surface area contributed by atoms with Gasteiger partial charge in [0.15, 0.2) is 0 Å². The number of likely N-dealkylation sites (tertiary alicyclic amines) is 1. The van der Waals surface area contributed by atoms with Gasteiger partial charge in [-0.05, 0) is 20.8 Å². The second-order valence-corrected chi connectivity index (χ2v) is 5.38. The van der Waals surface area contributed by atoms with Crippen molar-refractivity contribution in [1.82, 2.24) is 4.90 Å². The smallest absolute Gasteiger partial charge is 0.410 e. The van der Waals surface area contributed by atoms with Gasteiger partial charge in [0.1, 0.15) is 5.60 Å². The van der Waals surface area contributed by atoms with Crippen LogP contribution >= 0.6 is 0 Å². The molecule has 0 unspecified atom stereocenters. The molecule has 0 saturated carbocycles. The van der Waals surface area contributed by atoms with Gasteiger partial charge in [0.2, 0.25) is 0 Å². The number of rotatable bonds is 0. The molecule has 2 heterocycles. The van der Waals surface area contributed by atoms with Crippen LogP contribution in [0.15, 0.2) is 0 Å². The lowest BCUT2D eigenvalue weighted by Crippen LogP contribution is -2.36. The lowest BCUT2D eigenvalue weighted by molar-refractivity contribution is -0.141. The maximum absolute atomic E-state index is 11.8. The van der Waals surface area contributed by atoms with Crippen LogP contribution in [-0.2, 0) is 14.3 Å². The molecule has 0 spiro atoms. The third-order valence-electron chi connectivity index (χ3n) is 2.84. The maximum atomic E-state index is 11.8. The molecule has 1 amide bonds. The molecule has 2 atom stereocenters. The Bertz CT molecular complexity index is 320. The topological polar surface area (TPSA) is 55.8 Å². The van der Waals surface area contributed by atoms with Crippen molar-refractivity contribution in [2.75, 3.05) is 19.7 Å². The van der Waals surface area contributed by atoms with Gasteiger partial charge in [-0.25, -0.2) is 4.79 Å². The summed E-state index contributed by atoms with van der Waals surface area (Å²) in [5, 5.41) is 0. The van der Waals surface area contributed by atoms with E-state index in [-0.39, 0.29) is 23.9 Å². The molecule has 0 radical (unpaired) electrons. The SMILES string of the molecule is CC(C)(C)OC(=O)N1C[C@H]2COC(=O)[C@H]2C1. The van der Waals surface area contributed by atoms with E-state index in [0.717, 1.165) is 0 Å². The first kappa shape index (κ1) is 11.2. The fraction of sp³-hybridized carbons (Fsp3) is 0.818. The highest BCUT2D eigenvalue weighted by Crippen LogP contribution is 2.31. The van der Waals surface area contributed by atoms with E-state index in [0.29, 0.717) is 19.7 Å². The largest absolute Gasteiger partial charge is 0.465 e. The number of esters is 1. The fourth-order valence-electron chi connectivity index (χ4n) is 2.08. The van der Waals surface area contributed by atoms with Crippen LogP contribution in [0.2, 0.25) is 0 Å². The highest BCUT2D eigenvalue weighted by Gasteiger charge is 2.46. The van der Waals surface area contributed by atoms with Gasteiger partial charge in [0.05, 0.1) is 12.5 Å². The summed E-state index contributed by atoms with van der Waals surface area (Å²) in [6.45, 7) is 6.91. The third-order valence-corrected chi connectivity index (χ3v) is 2.84. The molecule has 5 heteroatoms. The minimum atomic E-state index is -0.491. The summed E-state index contributed by atoms with van der Waals surface area (Å²) in [6.07, 6.45) is -0.338. The molecule has 0 aromatic heterocycles. The monoisotopic (exact) mass is 227 g/mol. The molecule has 2 aliphatic rings. The van der Waals surface area contributed by atoms with Crippen LogP contribution in [0.1, 0.15) is 20.8 Å². The number of carbonyl (C=O) groups is 2. The maximum Gasteiger partial charge on any atom is 0.410 e. The summed E-state index contributed by atoms with van der Waals surface area (Å²) in [5.74, 6) is -0.177. The van der Waals surface area contributed by atoms with Crippen molar-refractivity contribution in [3.8, 4) is 0 Å². The first-order chi connectivity index (χ1) is 7.37. The molecule has 0 aromatic carbocycles. The number of amides is 1. The van der Waals surface area contributed by atoms with Gasteiger partial charge in [0, 0.05) is 19.0 Å². The lowest BCUT2D eigenvalue weighted by Gasteiger charge is -2.24. The minimum absolute atomic E-state index is 0.146. The number of hydrogen-bond donors (Lipinski definition) is 0. The van der Waals surface area contributed by atoms with Crippen molar-refractivity contribution in [3.63, 3.8) is 0 Å². The summed E-state index contributed by atoms with van der Waals surface area (Å²) in [7, 11) is 0. The molecule has 5 nitrogen and oxygen atoms in total. The number of hydrogen-bond acceptors (Lipinski definition) is 4. The van der Waals surface area contributed by atoms with Crippen LogP contribution in [0, 0.1) is 11.8 Å². The first-order valence-corrected chi connectivity index (χ1v) is 5.51. The minimum Gasteiger partial charge on any atom is -0.465 e. The number of fused-ring (bicyclic) bond motifs is 1. The molecule has 2 rings (SSSR count). The molecule has 0 aliphatic carbocycles. The Balaban J connectivity index is 1.94. The van der Waals surface area contributed by atoms with Crippen LogP contribution in [0.25, 0.3) is 0 Å². The quantitative estimate of drug-likeness (QED) is 0.580. The number of carbonyl (C=O) groups excluding carboxylic acids is 2. The van der Waals surface area contributed by atoms with Gasteiger partial charge < -0.3 is 14.4 Å². The Kier molecular flexibility index (Phi) is 2.56. The van der Waals surface area contributed by atoms with Crippen LogP contribution in [-0.4, -0.2) is 42.3 Å². The highest BCUT2D eigenvalue weighted by atomic mass is 16.6. The Morgan fingerprint density at radius 1 is 1.44 bits per heavy atom. The summed E-state index contributed by atoms with van der Waals surface area (Å²) in [5.41, 5.74) is -0.491. The van der Waals surface area contributed by atoms with Gasteiger partial charge >= 0.3 is 12.1 Å². The van der Waals surface area contributed by atoms with Gasteiger partial charge in [0.25, 0.3) is 0 Å². The molecule has 16 heavy (non-hydrogen) atoms. The predicted molar refractivity (Wildman–Crippen MR) is 55.7 cm³/mol. The van der Waals surface area contributed by atoms with E-state index in [2.05, 4.69) is 0 Å². The van der Waals surface area contributed by atoms with E-state index in [4.69, 9.17) is 9.47 Å². The Hall–Kier alpha value is -1.26. The molecule has 2 aliphatic heterocycles. The van der Waals surface area contributed by atoms with E-state index < -0.39 is 5.60 Å². The van der Waals surface area contributed by atoms with Crippen molar-refractivity contribution < 1.29 is 19.1 Å². The molecule has 0 N–H and O–H groups in total. The van der Waals surface area contributed by atoms with Crippen LogP contribution in [0.4, 0.5) is 4.79 Å². The zero-order valence-corrected chi connectivity index (χ0v) is 9.86. The first-order valence-electron chi connectivity index (χ1n) is 5.51. The number of ether oxygens (including phenoxy) is 2. The summed E-state index contributed by atoms with van der Waals surface area (Å²) in [6, 6.07) is 0. The zero-order chi connectivity index (χ0) is 11.9. The molecule has 0 aromatic rings. The van der Waals surface area contributed by atoms with E-state index >= 15 is 0 Å². The van der Waals surface area contributed by atoms with E-state index in [1.165, 1.54) is 0 Å². The van der Waals surface area contributed by atoms with Crippen LogP contribution < -0.4 is 0 Å². The second kappa shape index (κ2) is 3.64. The summed E-state index contributed by atoms with van der Waals surface area (Å²) in [4.78, 5) is 24.7. The van der Waals surface area contributed by atoms with Gasteiger partial charge in [-0.1, -0.05) is 0 Å². The lowest BCUT2D eigenvalue weighted by atomic mass is 10.0. The van der Waals surface area contributed by atoms with Crippen LogP contribution in [0.5, 0.6) is 0 Å². The van der Waals surface area contributed by atoms with Gasteiger partial charge in [-0.15, -0.1) is 0 Å². The average Bonchev–Trinajstić information content (AvgIpc) is 2.65. The standard InChI is InChI=1S/C11H17NO4/c1-11(2,3)16-10(14)12-4-7-6-15-9(13)8(7)5-12/h7-8H,4-6H2,1-3H3/t7-,8-/m0/s1. The summed E-state index contributed by atoms with van der Waals surface area (Å²) < 4.78 is 10.2. The van der Waals surface area contributed by atoms with E-state index in [9.17, 15) is 9.59 Å². The average molecular weight is 227 g/mol. The van der Waals surface area contributed by atoms with E-state index in [1.807, 2.05) is 20.8 Å². The zero-order valence-electron chi connectivity index (χ0n) is 9.86. The normalized spacial score (nSPS) is 28.9. The Labute approximate surface area is 94.7 Å². The van der Waals surface area contributed by atoms with Gasteiger partial charge in [-0.3, -0.25) is 4.79 Å². The van der Waals surface area contributed by atoms with Crippen molar-refractivity contribution in [3.05, 3.63) is 0 Å². The molecule has 2 fully saturated rings. The number of cyclic esters (lactones) is 1. The van der Waals surface area contributed by atoms with Crippen LogP contribution in [0.3, 0.4) is 0 Å². The third kappa shape index (κ3) is 2.13. The molecular weight excluding hydrogens is 210 g/mol. The number of nitrogens with zero attached hydrogens (tertiary/aromatic N) is 1. The van der Waals surface area contributed by atoms with Gasteiger partial charge in [-0.2, -0.15) is 0 Å². The van der Waals surface area contributed by atoms with Crippen molar-refractivity contribution >= 4 is 12.1 Å². The van der Waals surface area contributed by atoms with E-state index in [1.54, 1.807) is 4.90 Å². The predicted octanol–water partition coefficient (Wildman–Crippen LogP) is 1.03.